The van der Waals surface area contributed by atoms with Crippen LogP contribution in [0.1, 0.15) is 11.3 Å². The molecule has 0 saturated heterocycles. The molecule has 4 aromatic rings. The van der Waals surface area contributed by atoms with E-state index in [4.69, 9.17) is 0 Å². The van der Waals surface area contributed by atoms with Crippen molar-refractivity contribution in [2.24, 2.45) is 0 Å². The average molecular weight is 344 g/mol. The van der Waals surface area contributed by atoms with Gasteiger partial charge in [-0.15, -0.1) is 0 Å². The van der Waals surface area contributed by atoms with Crippen molar-refractivity contribution < 1.29 is 4.79 Å². The van der Waals surface area contributed by atoms with Gasteiger partial charge in [0.15, 0.2) is 0 Å². The lowest BCUT2D eigenvalue weighted by atomic mass is 10.2. The van der Waals surface area contributed by atoms with Crippen molar-refractivity contribution in [1.82, 2.24) is 30.0 Å². The fraction of sp³-hybridized carbons (Fsp3) is 0.105. The molecular formula is C19H16N6O. The van der Waals surface area contributed by atoms with Gasteiger partial charge in [0.1, 0.15) is 0 Å². The van der Waals surface area contributed by atoms with Crippen molar-refractivity contribution in [1.29, 1.82) is 0 Å². The van der Waals surface area contributed by atoms with Crippen LogP contribution < -0.4 is 5.32 Å². The number of fused-ring (bicyclic) bond motifs is 1. The second-order valence-corrected chi connectivity index (χ2v) is 5.81. The highest BCUT2D eigenvalue weighted by Crippen LogP contribution is 2.18. The van der Waals surface area contributed by atoms with Gasteiger partial charge in [0.2, 0.25) is 5.91 Å². The predicted molar refractivity (Wildman–Crippen MR) is 96.4 cm³/mol. The zero-order chi connectivity index (χ0) is 17.8. The van der Waals surface area contributed by atoms with Crippen LogP contribution in [0.4, 0.5) is 0 Å². The highest BCUT2D eigenvalue weighted by molar-refractivity contribution is 5.82. The molecule has 0 radical (unpaired) electrons. The molecule has 0 atom stereocenters. The first-order valence-corrected chi connectivity index (χ1v) is 8.18. The Morgan fingerprint density at radius 3 is 2.73 bits per heavy atom. The molecule has 0 bridgehead atoms. The summed E-state index contributed by atoms with van der Waals surface area (Å²) >= 11 is 0. The van der Waals surface area contributed by atoms with Gasteiger partial charge in [-0.3, -0.25) is 19.7 Å². The number of carbonyl (C=O) groups excluding carboxylic acids is 1. The first-order valence-electron chi connectivity index (χ1n) is 8.18. The van der Waals surface area contributed by atoms with E-state index in [1.807, 2.05) is 30.3 Å². The smallest absolute Gasteiger partial charge is 0.226 e. The van der Waals surface area contributed by atoms with Gasteiger partial charge in [-0.25, -0.2) is 4.68 Å². The Kier molecular flexibility index (Phi) is 4.34. The number of nitrogens with zero attached hydrogens (tertiary/aromatic N) is 5. The SMILES string of the molecule is O=C(Cc1cc2cnn(-c3ccncc3)c2cn1)NCc1cccnc1. The summed E-state index contributed by atoms with van der Waals surface area (Å²) < 4.78 is 1.80. The third-order valence-corrected chi connectivity index (χ3v) is 3.97. The Labute approximate surface area is 149 Å². The second-order valence-electron chi connectivity index (χ2n) is 5.81. The Morgan fingerprint density at radius 2 is 1.92 bits per heavy atom. The average Bonchev–Trinajstić information content (AvgIpc) is 3.11. The maximum Gasteiger partial charge on any atom is 0.226 e. The van der Waals surface area contributed by atoms with Crippen molar-refractivity contribution in [3.8, 4) is 5.69 Å². The molecule has 1 N–H and O–H groups in total. The molecule has 0 spiro atoms. The van der Waals surface area contributed by atoms with E-state index >= 15 is 0 Å². The number of hydrogen-bond acceptors (Lipinski definition) is 5. The van der Waals surface area contributed by atoms with Gasteiger partial charge in [-0.2, -0.15) is 5.10 Å². The Hall–Kier alpha value is -3.61. The summed E-state index contributed by atoms with van der Waals surface area (Å²) in [4.78, 5) is 24.6. The second kappa shape index (κ2) is 7.10. The third kappa shape index (κ3) is 3.41. The van der Waals surface area contributed by atoms with Crippen LogP contribution in [0.5, 0.6) is 0 Å². The Morgan fingerprint density at radius 1 is 1.04 bits per heavy atom. The lowest BCUT2D eigenvalue weighted by molar-refractivity contribution is -0.120. The van der Waals surface area contributed by atoms with Crippen LogP contribution in [0.25, 0.3) is 16.6 Å². The number of aromatic nitrogens is 5. The first kappa shape index (κ1) is 15.9. The molecule has 0 aliphatic carbocycles. The maximum atomic E-state index is 12.1. The Bertz CT molecular complexity index is 1030. The van der Waals surface area contributed by atoms with Crippen molar-refractivity contribution in [3.63, 3.8) is 0 Å². The molecule has 7 nitrogen and oxygen atoms in total. The summed E-state index contributed by atoms with van der Waals surface area (Å²) in [6.07, 6.45) is 10.6. The number of nitrogens with one attached hydrogen (secondary N) is 1. The van der Waals surface area contributed by atoms with Crippen molar-refractivity contribution >= 4 is 16.8 Å². The molecule has 0 unspecified atom stereocenters. The monoisotopic (exact) mass is 344 g/mol. The molecule has 1 amide bonds. The highest BCUT2D eigenvalue weighted by atomic mass is 16.1. The number of rotatable bonds is 5. The largest absolute Gasteiger partial charge is 0.352 e. The van der Waals surface area contributed by atoms with E-state index in [0.717, 1.165) is 22.2 Å². The van der Waals surface area contributed by atoms with Crippen LogP contribution in [0.15, 0.2) is 67.5 Å². The molecule has 4 heterocycles. The van der Waals surface area contributed by atoms with Crippen molar-refractivity contribution in [2.45, 2.75) is 13.0 Å². The molecule has 26 heavy (non-hydrogen) atoms. The van der Waals surface area contributed by atoms with E-state index in [0.29, 0.717) is 12.2 Å². The van der Waals surface area contributed by atoms with Crippen molar-refractivity contribution in [3.05, 3.63) is 78.8 Å². The summed E-state index contributed by atoms with van der Waals surface area (Å²) in [6, 6.07) is 9.42. The molecule has 4 aromatic heterocycles. The van der Waals surface area contributed by atoms with E-state index in [2.05, 4.69) is 25.4 Å². The summed E-state index contributed by atoms with van der Waals surface area (Å²) in [5.41, 5.74) is 3.47. The molecule has 0 fully saturated rings. The number of pyridine rings is 3. The quantitative estimate of drug-likeness (QED) is 0.599. The molecule has 0 aliphatic heterocycles. The fourth-order valence-corrected chi connectivity index (χ4v) is 2.69. The van der Waals surface area contributed by atoms with E-state index in [9.17, 15) is 4.79 Å². The minimum absolute atomic E-state index is 0.0813. The molecule has 4 rings (SSSR count). The summed E-state index contributed by atoms with van der Waals surface area (Å²) in [7, 11) is 0. The predicted octanol–water partition coefficient (Wildman–Crippen LogP) is 2.07. The van der Waals surface area contributed by atoms with E-state index < -0.39 is 0 Å². The van der Waals surface area contributed by atoms with Gasteiger partial charge in [-0.05, 0) is 29.8 Å². The standard InChI is InChI=1S/C19H16N6O/c26-19(23-11-14-2-1-5-21-10-14)9-16-8-15-12-24-25(18(15)13-22-16)17-3-6-20-7-4-17/h1-8,10,12-13H,9,11H2,(H,23,26). The highest BCUT2D eigenvalue weighted by Gasteiger charge is 2.09. The van der Waals surface area contributed by atoms with Crippen LogP contribution in [0.3, 0.4) is 0 Å². The fourth-order valence-electron chi connectivity index (χ4n) is 2.69. The lowest BCUT2D eigenvalue weighted by Crippen LogP contribution is -2.24. The number of amides is 1. The van der Waals surface area contributed by atoms with Gasteiger partial charge in [-0.1, -0.05) is 6.07 Å². The zero-order valence-electron chi connectivity index (χ0n) is 13.9. The first-order chi connectivity index (χ1) is 12.8. The normalized spacial score (nSPS) is 10.8. The van der Waals surface area contributed by atoms with E-state index in [1.165, 1.54) is 0 Å². The molecule has 0 aliphatic rings. The van der Waals surface area contributed by atoms with Crippen LogP contribution >= 0.6 is 0 Å². The van der Waals surface area contributed by atoms with Gasteiger partial charge in [0.25, 0.3) is 0 Å². The molecule has 128 valence electrons. The maximum absolute atomic E-state index is 12.1. The Balaban J connectivity index is 1.47. The third-order valence-electron chi connectivity index (χ3n) is 3.97. The van der Waals surface area contributed by atoms with Crippen LogP contribution in [-0.2, 0) is 17.8 Å². The van der Waals surface area contributed by atoms with E-state index in [-0.39, 0.29) is 12.3 Å². The lowest BCUT2D eigenvalue weighted by Gasteiger charge is -2.06. The molecule has 0 aromatic carbocycles. The number of hydrogen-bond donors (Lipinski definition) is 1. The summed E-state index contributed by atoms with van der Waals surface area (Å²) in [5, 5.41) is 8.22. The van der Waals surface area contributed by atoms with Gasteiger partial charge in [0, 0.05) is 36.7 Å². The number of carbonyl (C=O) groups is 1. The summed E-state index contributed by atoms with van der Waals surface area (Å²) in [6.45, 7) is 0.453. The molecule has 7 heteroatoms. The zero-order valence-corrected chi connectivity index (χ0v) is 13.9. The van der Waals surface area contributed by atoms with Crippen LogP contribution in [0.2, 0.25) is 0 Å². The van der Waals surface area contributed by atoms with Gasteiger partial charge < -0.3 is 5.32 Å². The minimum atomic E-state index is -0.0813. The van der Waals surface area contributed by atoms with E-state index in [1.54, 1.807) is 41.9 Å². The van der Waals surface area contributed by atoms with Crippen LogP contribution in [0, 0.1) is 0 Å². The topological polar surface area (TPSA) is 85.6 Å². The van der Waals surface area contributed by atoms with Crippen LogP contribution in [-0.4, -0.2) is 30.6 Å². The minimum Gasteiger partial charge on any atom is -0.352 e. The van der Waals surface area contributed by atoms with Gasteiger partial charge in [0.05, 0.1) is 35.7 Å². The van der Waals surface area contributed by atoms with Gasteiger partial charge >= 0.3 is 0 Å². The summed E-state index contributed by atoms with van der Waals surface area (Å²) in [5.74, 6) is -0.0813. The van der Waals surface area contributed by atoms with Crippen molar-refractivity contribution in [2.75, 3.05) is 0 Å². The molecular weight excluding hydrogens is 328 g/mol. The molecule has 0 saturated carbocycles.